The molecule has 0 aromatic heterocycles. The van der Waals surface area contributed by atoms with E-state index in [4.69, 9.17) is 0 Å². The summed E-state index contributed by atoms with van der Waals surface area (Å²) in [4.78, 5) is 0. The second kappa shape index (κ2) is 7.17. The molecule has 1 aromatic rings. The molecule has 0 aliphatic carbocycles. The molecule has 0 saturated carbocycles. The van der Waals surface area contributed by atoms with Gasteiger partial charge in [-0.15, -0.1) is 0 Å². The quantitative estimate of drug-likeness (QED) is 0.583. The van der Waals surface area contributed by atoms with Crippen molar-refractivity contribution in [2.45, 2.75) is 6.92 Å². The van der Waals surface area contributed by atoms with Gasteiger partial charge in [-0.25, -0.2) is 0 Å². The molecule has 0 saturated heterocycles. The molecule has 0 radical (unpaired) electrons. The van der Waals surface area contributed by atoms with Gasteiger partial charge in [-0.05, 0) is 29.2 Å². The third kappa shape index (κ3) is 4.11. The zero-order valence-corrected chi connectivity index (χ0v) is 11.5. The maximum atomic E-state index is 4.14. The van der Waals surface area contributed by atoms with Crippen molar-refractivity contribution in [3.63, 3.8) is 0 Å². The molecule has 0 amide bonds. The van der Waals surface area contributed by atoms with Crippen LogP contribution in [0.5, 0.6) is 0 Å². The Morgan fingerprint density at radius 2 is 1.68 bits per heavy atom. The lowest BCUT2D eigenvalue weighted by atomic mass is 9.93. The van der Waals surface area contributed by atoms with Crippen molar-refractivity contribution in [3.05, 3.63) is 103 Å². The smallest absolute Gasteiger partial charge is 0.0112 e. The van der Waals surface area contributed by atoms with Gasteiger partial charge in [-0.2, -0.15) is 0 Å². The first kappa shape index (κ1) is 14.7. The molecule has 0 spiro atoms. The van der Waals surface area contributed by atoms with Crippen molar-refractivity contribution in [1.29, 1.82) is 0 Å². The standard InChI is InChI=1S/C19H20/c1-6-11-19(18-12-9-8-10-13-18)17(5)16(4)14-15(3)7-2/h6-14H,1-2,4-5H2,3H3/b15-14-,19-11+. The third-order valence-electron chi connectivity index (χ3n) is 2.81. The van der Waals surface area contributed by atoms with Crippen LogP contribution in [0.4, 0.5) is 0 Å². The Morgan fingerprint density at radius 1 is 1.05 bits per heavy atom. The molecule has 96 valence electrons. The topological polar surface area (TPSA) is 0 Å². The van der Waals surface area contributed by atoms with Crippen LogP contribution in [-0.2, 0) is 0 Å². The Balaban J connectivity index is 3.12. The van der Waals surface area contributed by atoms with Crippen LogP contribution in [0.15, 0.2) is 97.7 Å². The minimum absolute atomic E-state index is 0.884. The number of allylic oxidation sites excluding steroid dienone is 8. The average molecular weight is 248 g/mol. The number of benzene rings is 1. The Morgan fingerprint density at radius 3 is 2.21 bits per heavy atom. The van der Waals surface area contributed by atoms with Gasteiger partial charge in [0.05, 0.1) is 0 Å². The lowest BCUT2D eigenvalue weighted by Crippen LogP contribution is -1.91. The van der Waals surface area contributed by atoms with Gasteiger partial charge in [0.1, 0.15) is 0 Å². The normalized spacial score (nSPS) is 11.8. The van der Waals surface area contributed by atoms with Crippen LogP contribution in [0.1, 0.15) is 12.5 Å². The third-order valence-corrected chi connectivity index (χ3v) is 2.81. The summed E-state index contributed by atoms with van der Waals surface area (Å²) < 4.78 is 0. The van der Waals surface area contributed by atoms with Crippen molar-refractivity contribution >= 4 is 5.57 Å². The van der Waals surface area contributed by atoms with E-state index in [-0.39, 0.29) is 0 Å². The first-order valence-electron chi connectivity index (χ1n) is 6.17. The highest BCUT2D eigenvalue weighted by molar-refractivity contribution is 5.84. The van der Waals surface area contributed by atoms with E-state index in [2.05, 4.69) is 38.4 Å². The molecule has 1 rings (SSSR count). The van der Waals surface area contributed by atoms with E-state index >= 15 is 0 Å². The van der Waals surface area contributed by atoms with Gasteiger partial charge < -0.3 is 0 Å². The van der Waals surface area contributed by atoms with Crippen LogP contribution in [0.2, 0.25) is 0 Å². The summed E-state index contributed by atoms with van der Waals surface area (Å²) >= 11 is 0. The van der Waals surface area contributed by atoms with E-state index in [0.29, 0.717) is 0 Å². The fraction of sp³-hybridized carbons (Fsp3) is 0.0526. The molecular weight excluding hydrogens is 228 g/mol. The predicted octanol–water partition coefficient (Wildman–Crippen LogP) is 5.50. The van der Waals surface area contributed by atoms with Crippen LogP contribution >= 0.6 is 0 Å². The van der Waals surface area contributed by atoms with Crippen LogP contribution in [0.3, 0.4) is 0 Å². The van der Waals surface area contributed by atoms with E-state index in [1.807, 2.05) is 37.3 Å². The monoisotopic (exact) mass is 248 g/mol. The van der Waals surface area contributed by atoms with Gasteiger partial charge in [-0.1, -0.05) is 86.5 Å². The summed E-state index contributed by atoms with van der Waals surface area (Å²) in [6, 6.07) is 10.1. The first-order chi connectivity index (χ1) is 9.10. The molecule has 0 atom stereocenters. The van der Waals surface area contributed by atoms with E-state index in [0.717, 1.165) is 27.9 Å². The van der Waals surface area contributed by atoms with Crippen LogP contribution in [0, 0.1) is 0 Å². The van der Waals surface area contributed by atoms with E-state index in [1.165, 1.54) is 0 Å². The zero-order valence-electron chi connectivity index (χ0n) is 11.5. The molecule has 0 fully saturated rings. The lowest BCUT2D eigenvalue weighted by Gasteiger charge is -2.11. The number of rotatable bonds is 6. The molecule has 0 bridgehead atoms. The second-order valence-corrected chi connectivity index (χ2v) is 4.28. The van der Waals surface area contributed by atoms with Gasteiger partial charge in [0.15, 0.2) is 0 Å². The molecule has 0 heteroatoms. The Kier molecular flexibility index (Phi) is 5.56. The van der Waals surface area contributed by atoms with Crippen molar-refractivity contribution in [3.8, 4) is 0 Å². The summed E-state index contributed by atoms with van der Waals surface area (Å²) in [6.45, 7) is 17.7. The highest BCUT2D eigenvalue weighted by Gasteiger charge is 2.06. The van der Waals surface area contributed by atoms with Crippen LogP contribution in [0.25, 0.3) is 5.57 Å². The van der Waals surface area contributed by atoms with Gasteiger partial charge in [0, 0.05) is 0 Å². The molecule has 0 aliphatic rings. The summed E-state index contributed by atoms with van der Waals surface area (Å²) in [7, 11) is 0. The molecule has 19 heavy (non-hydrogen) atoms. The summed E-state index contributed by atoms with van der Waals surface area (Å²) in [5.74, 6) is 0. The highest BCUT2D eigenvalue weighted by atomic mass is 14.1. The summed E-state index contributed by atoms with van der Waals surface area (Å²) in [6.07, 6.45) is 7.51. The van der Waals surface area contributed by atoms with Gasteiger partial charge >= 0.3 is 0 Å². The first-order valence-corrected chi connectivity index (χ1v) is 6.17. The van der Waals surface area contributed by atoms with Crippen molar-refractivity contribution < 1.29 is 0 Å². The minimum atomic E-state index is 0.884. The highest BCUT2D eigenvalue weighted by Crippen LogP contribution is 2.27. The summed E-state index contributed by atoms with van der Waals surface area (Å²) in [5.41, 5.74) is 4.99. The van der Waals surface area contributed by atoms with E-state index in [1.54, 1.807) is 12.2 Å². The largest absolute Gasteiger partial charge is 0.0990 e. The number of hydrogen-bond donors (Lipinski definition) is 0. The van der Waals surface area contributed by atoms with Crippen LogP contribution in [-0.4, -0.2) is 0 Å². The summed E-state index contributed by atoms with van der Waals surface area (Å²) in [5, 5.41) is 0. The Bertz CT molecular complexity index is 551. The van der Waals surface area contributed by atoms with Crippen molar-refractivity contribution in [2.75, 3.05) is 0 Å². The maximum Gasteiger partial charge on any atom is -0.0112 e. The van der Waals surface area contributed by atoms with Crippen LogP contribution < -0.4 is 0 Å². The molecule has 0 aliphatic heterocycles. The zero-order chi connectivity index (χ0) is 14.3. The average Bonchev–Trinajstić information content (AvgIpc) is 2.44. The van der Waals surface area contributed by atoms with Crippen molar-refractivity contribution in [1.82, 2.24) is 0 Å². The van der Waals surface area contributed by atoms with Gasteiger partial charge in [-0.3, -0.25) is 0 Å². The predicted molar refractivity (Wildman–Crippen MR) is 86.9 cm³/mol. The molecular formula is C19H20. The molecule has 1 aromatic carbocycles. The SMILES string of the molecule is C=C/C=C(\C(=C)C(=C)/C=C(/C)C=C)c1ccccc1. The van der Waals surface area contributed by atoms with E-state index in [9.17, 15) is 0 Å². The van der Waals surface area contributed by atoms with Gasteiger partial charge in [0.25, 0.3) is 0 Å². The van der Waals surface area contributed by atoms with E-state index < -0.39 is 0 Å². The minimum Gasteiger partial charge on any atom is -0.0990 e. The Hall–Kier alpha value is -2.34. The lowest BCUT2D eigenvalue weighted by molar-refractivity contribution is 1.47. The maximum absolute atomic E-state index is 4.14. The molecule has 0 nitrogen and oxygen atoms in total. The Labute approximate surface area is 116 Å². The molecule has 0 N–H and O–H groups in total. The van der Waals surface area contributed by atoms with Gasteiger partial charge in [0.2, 0.25) is 0 Å². The second-order valence-electron chi connectivity index (χ2n) is 4.28. The molecule has 0 unspecified atom stereocenters. The fourth-order valence-corrected chi connectivity index (χ4v) is 1.70. The fourth-order valence-electron chi connectivity index (χ4n) is 1.70. The number of hydrogen-bond acceptors (Lipinski definition) is 0. The molecule has 0 heterocycles. The van der Waals surface area contributed by atoms with Crippen molar-refractivity contribution in [2.24, 2.45) is 0 Å².